The van der Waals surface area contributed by atoms with E-state index in [9.17, 15) is 4.79 Å². The van der Waals surface area contributed by atoms with E-state index < -0.39 is 0 Å². The van der Waals surface area contributed by atoms with Crippen LogP contribution < -0.4 is 5.73 Å². The van der Waals surface area contributed by atoms with Crippen LogP contribution in [0.3, 0.4) is 0 Å². The number of hydrogen-bond acceptors (Lipinski definition) is 5. The fourth-order valence-electron chi connectivity index (χ4n) is 2.60. The standard InChI is InChI=1S/C15H26N4O2.ClH/c1-15(2,3)14-17-12(21-18-14)7-4-8-13(20)19-9-5-6-11(19)10-16;/h11H,4-10,16H2,1-3H3;1H. The minimum absolute atomic E-state index is 0. The van der Waals surface area contributed by atoms with Gasteiger partial charge in [-0.1, -0.05) is 25.9 Å². The molecule has 2 heterocycles. The number of aryl methyl sites for hydroxylation is 1. The average Bonchev–Trinajstić information content (AvgIpc) is 3.06. The summed E-state index contributed by atoms with van der Waals surface area (Å²) in [4.78, 5) is 18.5. The molecule has 0 radical (unpaired) electrons. The SMILES string of the molecule is CC(C)(C)c1noc(CCCC(=O)N2CCCC2CN)n1.Cl. The van der Waals surface area contributed by atoms with Crippen molar-refractivity contribution in [3.8, 4) is 0 Å². The van der Waals surface area contributed by atoms with Crippen LogP contribution >= 0.6 is 12.4 Å². The zero-order chi connectivity index (χ0) is 15.5. The lowest BCUT2D eigenvalue weighted by atomic mass is 9.96. The number of halogens is 1. The van der Waals surface area contributed by atoms with Crippen LogP contribution in [0.4, 0.5) is 0 Å². The number of carbonyl (C=O) groups excluding carboxylic acids is 1. The number of rotatable bonds is 5. The molecule has 0 saturated carbocycles. The summed E-state index contributed by atoms with van der Waals surface area (Å²) < 4.78 is 5.23. The fraction of sp³-hybridized carbons (Fsp3) is 0.800. The average molecular weight is 331 g/mol. The Balaban J connectivity index is 0.00000242. The van der Waals surface area contributed by atoms with Gasteiger partial charge in [0.2, 0.25) is 11.8 Å². The van der Waals surface area contributed by atoms with Gasteiger partial charge < -0.3 is 15.2 Å². The summed E-state index contributed by atoms with van der Waals surface area (Å²) in [7, 11) is 0. The van der Waals surface area contributed by atoms with E-state index >= 15 is 0 Å². The number of amides is 1. The molecule has 0 aliphatic carbocycles. The second kappa shape index (κ2) is 7.92. The summed E-state index contributed by atoms with van der Waals surface area (Å²) in [5, 5.41) is 3.99. The highest BCUT2D eigenvalue weighted by Gasteiger charge is 2.27. The number of hydrogen-bond donors (Lipinski definition) is 1. The maximum Gasteiger partial charge on any atom is 0.226 e. The van der Waals surface area contributed by atoms with Crippen molar-refractivity contribution in [2.75, 3.05) is 13.1 Å². The van der Waals surface area contributed by atoms with Crippen molar-refractivity contribution in [3.63, 3.8) is 0 Å². The maximum absolute atomic E-state index is 12.2. The van der Waals surface area contributed by atoms with Gasteiger partial charge in [0.1, 0.15) is 0 Å². The largest absolute Gasteiger partial charge is 0.339 e. The molecule has 1 aliphatic rings. The Morgan fingerprint density at radius 1 is 1.45 bits per heavy atom. The van der Waals surface area contributed by atoms with Crippen molar-refractivity contribution in [2.24, 2.45) is 5.73 Å². The van der Waals surface area contributed by atoms with E-state index in [2.05, 4.69) is 10.1 Å². The third kappa shape index (κ3) is 4.68. The van der Waals surface area contributed by atoms with Crippen molar-refractivity contribution in [1.82, 2.24) is 15.0 Å². The zero-order valence-electron chi connectivity index (χ0n) is 13.7. The lowest BCUT2D eigenvalue weighted by Crippen LogP contribution is -2.39. The van der Waals surface area contributed by atoms with Gasteiger partial charge in [0.05, 0.1) is 0 Å². The Hall–Kier alpha value is -1.14. The Bertz CT molecular complexity index is 484. The topological polar surface area (TPSA) is 85.2 Å². The van der Waals surface area contributed by atoms with Crippen molar-refractivity contribution in [2.45, 2.75) is 64.3 Å². The summed E-state index contributed by atoms with van der Waals surface area (Å²) in [6.45, 7) is 7.54. The van der Waals surface area contributed by atoms with Gasteiger partial charge in [-0.05, 0) is 19.3 Å². The fourth-order valence-corrected chi connectivity index (χ4v) is 2.60. The monoisotopic (exact) mass is 330 g/mol. The Morgan fingerprint density at radius 3 is 2.77 bits per heavy atom. The van der Waals surface area contributed by atoms with Crippen molar-refractivity contribution in [3.05, 3.63) is 11.7 Å². The lowest BCUT2D eigenvalue weighted by molar-refractivity contribution is -0.131. The predicted molar refractivity (Wildman–Crippen MR) is 87.0 cm³/mol. The molecule has 2 N–H and O–H groups in total. The summed E-state index contributed by atoms with van der Waals surface area (Å²) in [6.07, 6.45) is 3.99. The Labute approximate surface area is 138 Å². The molecule has 1 amide bonds. The molecule has 1 fully saturated rings. The van der Waals surface area contributed by atoms with Crippen molar-refractivity contribution < 1.29 is 9.32 Å². The third-order valence-corrected chi connectivity index (χ3v) is 3.89. The van der Waals surface area contributed by atoms with Crippen LogP contribution in [0.5, 0.6) is 0 Å². The first-order valence-electron chi connectivity index (χ1n) is 7.74. The number of nitrogens with zero attached hydrogens (tertiary/aromatic N) is 3. The van der Waals surface area contributed by atoms with E-state index in [4.69, 9.17) is 10.3 Å². The predicted octanol–water partition coefficient (Wildman–Crippen LogP) is 2.06. The summed E-state index contributed by atoms with van der Waals surface area (Å²) in [5.74, 6) is 1.52. The minimum atomic E-state index is -0.110. The molecule has 1 aliphatic heterocycles. The number of likely N-dealkylation sites (tertiary alicyclic amines) is 1. The molecule has 126 valence electrons. The Morgan fingerprint density at radius 2 is 2.18 bits per heavy atom. The first-order valence-corrected chi connectivity index (χ1v) is 7.74. The number of aromatic nitrogens is 2. The molecule has 6 nitrogen and oxygen atoms in total. The van der Waals surface area contributed by atoms with Crippen molar-refractivity contribution in [1.29, 1.82) is 0 Å². The van der Waals surface area contributed by atoms with E-state index in [1.807, 2.05) is 25.7 Å². The third-order valence-electron chi connectivity index (χ3n) is 3.89. The minimum Gasteiger partial charge on any atom is -0.339 e. The second-order valence-corrected chi connectivity index (χ2v) is 6.73. The molecule has 1 saturated heterocycles. The molecular formula is C15H27ClN4O2. The maximum atomic E-state index is 12.2. The Kier molecular flexibility index (Phi) is 6.81. The molecule has 0 bridgehead atoms. The molecule has 22 heavy (non-hydrogen) atoms. The first-order chi connectivity index (χ1) is 9.91. The highest BCUT2D eigenvalue weighted by molar-refractivity contribution is 5.85. The van der Waals surface area contributed by atoms with Gasteiger partial charge in [-0.3, -0.25) is 4.79 Å². The van der Waals surface area contributed by atoms with Gasteiger partial charge >= 0.3 is 0 Å². The van der Waals surface area contributed by atoms with Gasteiger partial charge in [-0.2, -0.15) is 4.98 Å². The summed E-state index contributed by atoms with van der Waals surface area (Å²) in [5.41, 5.74) is 5.59. The van der Waals surface area contributed by atoms with Crippen LogP contribution in [0.2, 0.25) is 0 Å². The van der Waals surface area contributed by atoms with Crippen LogP contribution in [0.15, 0.2) is 4.52 Å². The normalized spacial score (nSPS) is 18.4. The van der Waals surface area contributed by atoms with Gasteiger partial charge in [-0.25, -0.2) is 0 Å². The van der Waals surface area contributed by atoms with E-state index in [0.717, 1.165) is 25.8 Å². The van der Waals surface area contributed by atoms with Crippen LogP contribution in [-0.2, 0) is 16.6 Å². The van der Waals surface area contributed by atoms with Gasteiger partial charge in [0.15, 0.2) is 5.82 Å². The quantitative estimate of drug-likeness (QED) is 0.893. The highest BCUT2D eigenvalue weighted by atomic mass is 35.5. The van der Waals surface area contributed by atoms with Crippen LogP contribution in [0, 0.1) is 0 Å². The van der Waals surface area contributed by atoms with E-state index in [1.54, 1.807) is 0 Å². The second-order valence-electron chi connectivity index (χ2n) is 6.73. The van der Waals surface area contributed by atoms with E-state index in [0.29, 0.717) is 31.1 Å². The van der Waals surface area contributed by atoms with E-state index in [-0.39, 0.29) is 29.8 Å². The molecule has 1 atom stereocenters. The number of nitrogens with two attached hydrogens (primary N) is 1. The molecule has 2 rings (SSSR count). The van der Waals surface area contributed by atoms with Gasteiger partial charge in [0, 0.05) is 37.4 Å². The van der Waals surface area contributed by atoms with Crippen LogP contribution in [0.25, 0.3) is 0 Å². The number of carbonyl (C=O) groups is 1. The van der Waals surface area contributed by atoms with Crippen molar-refractivity contribution >= 4 is 18.3 Å². The van der Waals surface area contributed by atoms with Crippen LogP contribution in [-0.4, -0.2) is 40.1 Å². The summed E-state index contributed by atoms with van der Waals surface area (Å²) >= 11 is 0. The highest BCUT2D eigenvalue weighted by Crippen LogP contribution is 2.20. The molecular weight excluding hydrogens is 304 g/mol. The lowest BCUT2D eigenvalue weighted by Gasteiger charge is -2.23. The molecule has 7 heteroatoms. The molecule has 1 unspecified atom stereocenters. The first kappa shape index (κ1) is 18.9. The van der Waals surface area contributed by atoms with Gasteiger partial charge in [0.25, 0.3) is 0 Å². The van der Waals surface area contributed by atoms with E-state index in [1.165, 1.54) is 0 Å². The molecule has 1 aromatic heterocycles. The zero-order valence-corrected chi connectivity index (χ0v) is 14.5. The van der Waals surface area contributed by atoms with Crippen LogP contribution in [0.1, 0.15) is 58.2 Å². The smallest absolute Gasteiger partial charge is 0.226 e. The summed E-state index contributed by atoms with van der Waals surface area (Å²) in [6, 6.07) is 0.230. The molecule has 0 aromatic carbocycles. The molecule has 1 aromatic rings. The molecule has 0 spiro atoms. The van der Waals surface area contributed by atoms with Gasteiger partial charge in [-0.15, -0.1) is 12.4 Å².